The van der Waals surface area contributed by atoms with Crippen LogP contribution in [0, 0.1) is 5.41 Å². The van der Waals surface area contributed by atoms with Crippen molar-refractivity contribution in [3.8, 4) is 0 Å². The van der Waals surface area contributed by atoms with E-state index >= 15 is 0 Å². The van der Waals surface area contributed by atoms with Crippen molar-refractivity contribution in [2.24, 2.45) is 5.41 Å². The van der Waals surface area contributed by atoms with Crippen LogP contribution in [-0.4, -0.2) is 58.9 Å². The number of hydrogen-bond donors (Lipinski definition) is 1. The minimum Gasteiger partial charge on any atom is -0.395 e. The van der Waals surface area contributed by atoms with Gasteiger partial charge in [0, 0.05) is 38.0 Å². The van der Waals surface area contributed by atoms with Crippen LogP contribution in [0.5, 0.6) is 0 Å². The van der Waals surface area contributed by atoms with Gasteiger partial charge in [-0.2, -0.15) is 0 Å². The third-order valence-corrected chi connectivity index (χ3v) is 5.94. The molecule has 6 nitrogen and oxygen atoms in total. The molecule has 1 spiro atoms. The van der Waals surface area contributed by atoms with Crippen LogP contribution < -0.4 is 4.90 Å². The first-order chi connectivity index (χ1) is 10.7. The van der Waals surface area contributed by atoms with Crippen LogP contribution in [0.4, 0.5) is 5.13 Å². The maximum absolute atomic E-state index is 12.0. The van der Waals surface area contributed by atoms with Crippen molar-refractivity contribution in [3.63, 3.8) is 0 Å². The van der Waals surface area contributed by atoms with Gasteiger partial charge in [0.05, 0.1) is 6.61 Å². The van der Waals surface area contributed by atoms with Gasteiger partial charge in [0.25, 0.3) is 0 Å². The lowest BCUT2D eigenvalue weighted by Gasteiger charge is -2.48. The zero-order valence-corrected chi connectivity index (χ0v) is 13.9. The molecular weight excluding hydrogens is 300 g/mol. The molecule has 7 heteroatoms. The highest BCUT2D eigenvalue weighted by atomic mass is 32.1. The van der Waals surface area contributed by atoms with Crippen molar-refractivity contribution < 1.29 is 9.90 Å². The lowest BCUT2D eigenvalue weighted by atomic mass is 9.73. The summed E-state index contributed by atoms with van der Waals surface area (Å²) in [6.45, 7) is 5.33. The fourth-order valence-corrected chi connectivity index (χ4v) is 4.45. The van der Waals surface area contributed by atoms with E-state index in [0.717, 1.165) is 55.5 Å². The number of aromatic nitrogens is 2. The molecule has 1 aromatic rings. The minimum absolute atomic E-state index is 0.0434. The lowest BCUT2D eigenvalue weighted by molar-refractivity contribution is -0.138. The number of β-amino-alcohol motifs (C(OH)–C–C–N with tert-alkyl or cyclic N) is 1. The van der Waals surface area contributed by atoms with E-state index in [1.165, 1.54) is 0 Å². The van der Waals surface area contributed by atoms with E-state index in [1.807, 2.05) is 4.90 Å². The fraction of sp³-hybridized carbons (Fsp3) is 0.800. The summed E-state index contributed by atoms with van der Waals surface area (Å²) in [5.74, 6) is 0.181. The number of aryl methyl sites for hydroxylation is 1. The van der Waals surface area contributed by atoms with Gasteiger partial charge in [-0.25, -0.2) is 0 Å². The first-order valence-corrected chi connectivity index (χ1v) is 8.93. The van der Waals surface area contributed by atoms with E-state index in [9.17, 15) is 4.79 Å². The number of carbonyl (C=O) groups excluding carboxylic acids is 1. The maximum Gasteiger partial charge on any atom is 0.222 e. The highest BCUT2D eigenvalue weighted by molar-refractivity contribution is 7.15. The Kier molecular flexibility index (Phi) is 4.63. The molecule has 0 radical (unpaired) electrons. The van der Waals surface area contributed by atoms with Gasteiger partial charge >= 0.3 is 0 Å². The van der Waals surface area contributed by atoms with Gasteiger partial charge in [0.1, 0.15) is 5.01 Å². The summed E-state index contributed by atoms with van der Waals surface area (Å²) in [7, 11) is 0. The molecule has 1 amide bonds. The third-order valence-electron chi connectivity index (χ3n) is 4.81. The first kappa shape index (κ1) is 15.7. The Morgan fingerprint density at radius 2 is 2.18 bits per heavy atom. The van der Waals surface area contributed by atoms with Crippen molar-refractivity contribution in [3.05, 3.63) is 5.01 Å². The largest absolute Gasteiger partial charge is 0.395 e. The number of aliphatic hydroxyl groups excluding tert-OH is 1. The first-order valence-electron chi connectivity index (χ1n) is 8.12. The third kappa shape index (κ3) is 3.10. The van der Waals surface area contributed by atoms with Crippen LogP contribution >= 0.6 is 11.3 Å². The van der Waals surface area contributed by atoms with E-state index in [2.05, 4.69) is 22.0 Å². The second kappa shape index (κ2) is 6.50. The fourth-order valence-electron chi connectivity index (χ4n) is 3.65. The van der Waals surface area contributed by atoms with E-state index < -0.39 is 0 Å². The summed E-state index contributed by atoms with van der Waals surface area (Å²) < 4.78 is 0. The van der Waals surface area contributed by atoms with Crippen LogP contribution in [0.15, 0.2) is 0 Å². The summed E-state index contributed by atoms with van der Waals surface area (Å²) >= 11 is 1.68. The summed E-state index contributed by atoms with van der Waals surface area (Å²) in [5.41, 5.74) is 0.152. The molecule has 1 N–H and O–H groups in total. The van der Waals surface area contributed by atoms with E-state index in [1.54, 1.807) is 11.3 Å². The molecule has 3 heterocycles. The van der Waals surface area contributed by atoms with Gasteiger partial charge in [-0.1, -0.05) is 18.3 Å². The Bertz CT molecular complexity index is 535. The van der Waals surface area contributed by atoms with Crippen molar-refractivity contribution in [1.82, 2.24) is 15.1 Å². The summed E-state index contributed by atoms with van der Waals surface area (Å²) in [6, 6.07) is 0. The molecule has 3 rings (SSSR count). The number of nitrogens with zero attached hydrogens (tertiary/aromatic N) is 4. The molecule has 2 fully saturated rings. The van der Waals surface area contributed by atoms with Gasteiger partial charge in [0.15, 0.2) is 0 Å². The van der Waals surface area contributed by atoms with Crippen LogP contribution in [0.1, 0.15) is 37.6 Å². The molecule has 1 aromatic heterocycles. The van der Waals surface area contributed by atoms with Gasteiger partial charge in [-0.3, -0.25) is 4.79 Å². The summed E-state index contributed by atoms with van der Waals surface area (Å²) in [5, 5.41) is 19.8. The second-order valence-electron chi connectivity index (χ2n) is 6.40. The molecule has 2 aliphatic rings. The molecule has 2 aliphatic heterocycles. The molecule has 0 saturated carbocycles. The summed E-state index contributed by atoms with van der Waals surface area (Å²) in [4.78, 5) is 16.2. The smallest absolute Gasteiger partial charge is 0.222 e. The predicted octanol–water partition coefficient (Wildman–Crippen LogP) is 1.30. The number of hydrogen-bond acceptors (Lipinski definition) is 6. The molecule has 1 unspecified atom stereocenters. The quantitative estimate of drug-likeness (QED) is 0.904. The summed E-state index contributed by atoms with van der Waals surface area (Å²) in [6.07, 6.45) is 4.75. The molecule has 122 valence electrons. The Morgan fingerprint density at radius 3 is 2.91 bits per heavy atom. The lowest BCUT2D eigenvalue weighted by Crippen LogP contribution is -2.54. The highest BCUT2D eigenvalue weighted by Gasteiger charge is 2.42. The molecule has 0 aliphatic carbocycles. The van der Waals surface area contributed by atoms with Crippen LogP contribution in [-0.2, 0) is 11.2 Å². The standard InChI is InChI=1S/C15H24N4O2S/c1-2-12-16-17-14(22-12)19-7-3-5-15(11-19)6-4-13(21)18(10-15)8-9-20/h20H,2-11H2,1H3. The number of amides is 1. The predicted molar refractivity (Wildman–Crippen MR) is 86.1 cm³/mol. The topological polar surface area (TPSA) is 69.6 Å². The average molecular weight is 324 g/mol. The number of piperidine rings is 2. The van der Waals surface area contributed by atoms with Crippen LogP contribution in [0.3, 0.4) is 0 Å². The molecular formula is C15H24N4O2S. The van der Waals surface area contributed by atoms with Crippen molar-refractivity contribution in [1.29, 1.82) is 0 Å². The zero-order chi connectivity index (χ0) is 15.6. The molecule has 22 heavy (non-hydrogen) atoms. The molecule has 2 saturated heterocycles. The van der Waals surface area contributed by atoms with E-state index in [0.29, 0.717) is 13.0 Å². The average Bonchev–Trinajstić information content (AvgIpc) is 3.01. The maximum atomic E-state index is 12.0. The number of aliphatic hydroxyl groups is 1. The highest BCUT2D eigenvalue weighted by Crippen LogP contribution is 2.40. The number of rotatable bonds is 4. The van der Waals surface area contributed by atoms with Gasteiger partial charge in [0.2, 0.25) is 11.0 Å². The Labute approximate surface area is 135 Å². The molecule has 1 atom stereocenters. The zero-order valence-electron chi connectivity index (χ0n) is 13.1. The van der Waals surface area contributed by atoms with Crippen molar-refractivity contribution >= 4 is 22.4 Å². The number of anilines is 1. The molecule has 0 bridgehead atoms. The van der Waals surface area contributed by atoms with E-state index in [4.69, 9.17) is 5.11 Å². The monoisotopic (exact) mass is 324 g/mol. The molecule has 0 aromatic carbocycles. The normalized spacial score (nSPS) is 26.0. The Morgan fingerprint density at radius 1 is 1.32 bits per heavy atom. The SMILES string of the molecule is CCc1nnc(N2CCCC3(CCC(=O)N(CCO)C3)C2)s1. The minimum atomic E-state index is 0.0434. The van der Waals surface area contributed by atoms with Gasteiger partial charge < -0.3 is 14.9 Å². The van der Waals surface area contributed by atoms with Crippen LogP contribution in [0.2, 0.25) is 0 Å². The van der Waals surface area contributed by atoms with Crippen LogP contribution in [0.25, 0.3) is 0 Å². The Balaban J connectivity index is 1.72. The van der Waals surface area contributed by atoms with E-state index in [-0.39, 0.29) is 17.9 Å². The van der Waals surface area contributed by atoms with Crippen molar-refractivity contribution in [2.45, 2.75) is 39.0 Å². The number of likely N-dealkylation sites (tertiary alicyclic amines) is 1. The van der Waals surface area contributed by atoms with Gasteiger partial charge in [-0.05, 0) is 25.7 Å². The number of carbonyl (C=O) groups is 1. The van der Waals surface area contributed by atoms with Gasteiger partial charge in [-0.15, -0.1) is 10.2 Å². The Hall–Kier alpha value is -1.21. The second-order valence-corrected chi connectivity index (χ2v) is 7.44. The van der Waals surface area contributed by atoms with Crippen molar-refractivity contribution in [2.75, 3.05) is 37.7 Å².